The molecule has 1 heterocycles. The zero-order valence-electron chi connectivity index (χ0n) is 15.4. The van der Waals surface area contributed by atoms with E-state index in [4.69, 9.17) is 0 Å². The van der Waals surface area contributed by atoms with Crippen molar-refractivity contribution in [3.8, 4) is 0 Å². The molecule has 0 aromatic heterocycles. The van der Waals surface area contributed by atoms with Crippen molar-refractivity contribution in [2.75, 3.05) is 39.3 Å². The van der Waals surface area contributed by atoms with E-state index in [2.05, 4.69) is 19.2 Å². The number of benzene rings is 1. The Balaban J connectivity index is 1.98. The van der Waals surface area contributed by atoms with Crippen LogP contribution in [-0.4, -0.2) is 62.8 Å². The van der Waals surface area contributed by atoms with Crippen molar-refractivity contribution >= 4 is 15.9 Å². The van der Waals surface area contributed by atoms with E-state index in [0.29, 0.717) is 50.1 Å². The topological polar surface area (TPSA) is 69.7 Å². The molecular formula is C18H29N3O3S. The molecule has 1 fully saturated rings. The van der Waals surface area contributed by atoms with Crippen molar-refractivity contribution in [2.45, 2.75) is 38.0 Å². The number of carbonyl (C=O) groups excluding carboxylic acids is 1. The van der Waals surface area contributed by atoms with Gasteiger partial charge in [-0.2, -0.15) is 4.31 Å². The van der Waals surface area contributed by atoms with Crippen molar-refractivity contribution in [3.05, 3.63) is 29.8 Å². The number of rotatable bonds is 7. The maximum Gasteiger partial charge on any atom is 0.243 e. The summed E-state index contributed by atoms with van der Waals surface area (Å²) in [4.78, 5) is 14.0. The largest absolute Gasteiger partial charge is 0.355 e. The summed E-state index contributed by atoms with van der Waals surface area (Å²) in [7, 11) is -3.47. The normalized spacial score (nSPS) is 18.0. The minimum Gasteiger partial charge on any atom is -0.355 e. The number of sulfonamides is 1. The predicted molar refractivity (Wildman–Crippen MR) is 99.0 cm³/mol. The summed E-state index contributed by atoms with van der Waals surface area (Å²) in [6.07, 6.45) is 1.03. The number of amides is 1. The quantitative estimate of drug-likeness (QED) is 0.795. The number of hydrogen-bond donors (Lipinski definition) is 1. The summed E-state index contributed by atoms with van der Waals surface area (Å²) >= 11 is 0. The fraction of sp³-hybridized carbons (Fsp3) is 0.611. The second kappa shape index (κ2) is 8.78. The highest BCUT2D eigenvalue weighted by atomic mass is 32.2. The molecule has 1 saturated heterocycles. The van der Waals surface area contributed by atoms with Gasteiger partial charge in [0.1, 0.15) is 0 Å². The van der Waals surface area contributed by atoms with Crippen LogP contribution in [0.5, 0.6) is 0 Å². The number of piperazine rings is 1. The van der Waals surface area contributed by atoms with Crippen LogP contribution in [0.3, 0.4) is 0 Å². The lowest BCUT2D eigenvalue weighted by molar-refractivity contribution is -0.122. The van der Waals surface area contributed by atoms with Crippen LogP contribution in [0.25, 0.3) is 0 Å². The van der Waals surface area contributed by atoms with Gasteiger partial charge in [-0.05, 0) is 37.0 Å². The van der Waals surface area contributed by atoms with Crippen molar-refractivity contribution < 1.29 is 13.2 Å². The highest BCUT2D eigenvalue weighted by Gasteiger charge is 2.29. The van der Waals surface area contributed by atoms with Crippen molar-refractivity contribution in [1.29, 1.82) is 0 Å². The van der Waals surface area contributed by atoms with Gasteiger partial charge in [-0.3, -0.25) is 9.69 Å². The minimum absolute atomic E-state index is 0.0144. The van der Waals surface area contributed by atoms with Gasteiger partial charge in [0.05, 0.1) is 11.4 Å². The number of hydrogen-bond acceptors (Lipinski definition) is 4. The first-order valence-electron chi connectivity index (χ1n) is 8.97. The standard InChI is InChI=1S/C18H29N3O3S/c1-4-15(3)16-6-8-17(9-7-16)25(23,24)21-12-10-20(11-13-21)14-18(22)19-5-2/h6-9,15H,4-5,10-14H2,1-3H3,(H,19,22). The second-order valence-electron chi connectivity index (χ2n) is 6.51. The Kier molecular flexibility index (Phi) is 6.98. The zero-order valence-corrected chi connectivity index (χ0v) is 16.2. The van der Waals surface area contributed by atoms with Gasteiger partial charge in [-0.1, -0.05) is 26.0 Å². The molecule has 2 rings (SSSR count). The van der Waals surface area contributed by atoms with Gasteiger partial charge in [0, 0.05) is 32.7 Å². The van der Waals surface area contributed by atoms with Crippen LogP contribution in [0.4, 0.5) is 0 Å². The first-order valence-corrected chi connectivity index (χ1v) is 10.4. The minimum atomic E-state index is -3.47. The third-order valence-corrected chi connectivity index (χ3v) is 6.68. The lowest BCUT2D eigenvalue weighted by Gasteiger charge is -2.33. The summed E-state index contributed by atoms with van der Waals surface area (Å²) in [5, 5.41) is 2.77. The molecule has 1 aliphatic rings. The fourth-order valence-corrected chi connectivity index (χ4v) is 4.36. The monoisotopic (exact) mass is 367 g/mol. The Bertz CT molecular complexity index is 665. The molecular weight excluding hydrogens is 338 g/mol. The van der Waals surface area contributed by atoms with E-state index in [-0.39, 0.29) is 5.91 Å². The van der Waals surface area contributed by atoms with Crippen LogP contribution in [0.2, 0.25) is 0 Å². The third-order valence-electron chi connectivity index (χ3n) is 4.77. The molecule has 0 saturated carbocycles. The number of likely N-dealkylation sites (N-methyl/N-ethyl adjacent to an activating group) is 1. The SMILES string of the molecule is CCNC(=O)CN1CCN(S(=O)(=O)c2ccc(C(C)CC)cc2)CC1. The van der Waals surface area contributed by atoms with Crippen LogP contribution >= 0.6 is 0 Å². The zero-order chi connectivity index (χ0) is 18.4. The molecule has 7 heteroatoms. The summed E-state index contributed by atoms with van der Waals surface area (Å²) in [6, 6.07) is 7.23. The van der Waals surface area contributed by atoms with Gasteiger partial charge >= 0.3 is 0 Å². The van der Waals surface area contributed by atoms with Gasteiger partial charge < -0.3 is 5.32 Å². The lowest BCUT2D eigenvalue weighted by atomic mass is 9.99. The highest BCUT2D eigenvalue weighted by Crippen LogP contribution is 2.23. The van der Waals surface area contributed by atoms with E-state index in [9.17, 15) is 13.2 Å². The number of nitrogens with zero attached hydrogens (tertiary/aromatic N) is 2. The summed E-state index contributed by atoms with van der Waals surface area (Å²) < 4.78 is 27.1. The van der Waals surface area contributed by atoms with Crippen LogP contribution < -0.4 is 5.32 Å². The van der Waals surface area contributed by atoms with Crippen molar-refractivity contribution in [2.24, 2.45) is 0 Å². The molecule has 6 nitrogen and oxygen atoms in total. The van der Waals surface area contributed by atoms with E-state index in [1.807, 2.05) is 24.0 Å². The molecule has 1 aromatic rings. The third kappa shape index (κ3) is 5.03. The van der Waals surface area contributed by atoms with Crippen LogP contribution in [-0.2, 0) is 14.8 Å². The van der Waals surface area contributed by atoms with Gasteiger partial charge in [0.25, 0.3) is 0 Å². The Morgan fingerprint density at radius 2 is 1.72 bits per heavy atom. The smallest absolute Gasteiger partial charge is 0.243 e. The summed E-state index contributed by atoms with van der Waals surface area (Å²) in [5.41, 5.74) is 1.16. The van der Waals surface area contributed by atoms with Crippen LogP contribution in [0.15, 0.2) is 29.2 Å². The molecule has 1 aliphatic heterocycles. The van der Waals surface area contributed by atoms with E-state index >= 15 is 0 Å². The number of carbonyl (C=O) groups is 1. The second-order valence-corrected chi connectivity index (χ2v) is 8.45. The van der Waals surface area contributed by atoms with Gasteiger partial charge in [0.15, 0.2) is 0 Å². The molecule has 140 valence electrons. The van der Waals surface area contributed by atoms with E-state index in [1.54, 1.807) is 12.1 Å². The maximum atomic E-state index is 12.8. The molecule has 1 unspecified atom stereocenters. The molecule has 0 aliphatic carbocycles. The Hall–Kier alpha value is -1.44. The Morgan fingerprint density at radius 3 is 2.24 bits per heavy atom. The Morgan fingerprint density at radius 1 is 1.12 bits per heavy atom. The molecule has 1 atom stereocenters. The van der Waals surface area contributed by atoms with Crippen LogP contribution in [0, 0.1) is 0 Å². The van der Waals surface area contributed by atoms with Crippen LogP contribution in [0.1, 0.15) is 38.7 Å². The molecule has 0 bridgehead atoms. The van der Waals surface area contributed by atoms with Crippen molar-refractivity contribution in [1.82, 2.24) is 14.5 Å². The first-order chi connectivity index (χ1) is 11.9. The molecule has 1 N–H and O–H groups in total. The van der Waals surface area contributed by atoms with E-state index in [1.165, 1.54) is 4.31 Å². The van der Waals surface area contributed by atoms with E-state index in [0.717, 1.165) is 12.0 Å². The molecule has 0 radical (unpaired) electrons. The lowest BCUT2D eigenvalue weighted by Crippen LogP contribution is -2.51. The highest BCUT2D eigenvalue weighted by molar-refractivity contribution is 7.89. The molecule has 1 amide bonds. The average molecular weight is 368 g/mol. The summed E-state index contributed by atoms with van der Waals surface area (Å²) in [5.74, 6) is 0.411. The maximum absolute atomic E-state index is 12.8. The average Bonchev–Trinajstić information content (AvgIpc) is 2.62. The fourth-order valence-electron chi connectivity index (χ4n) is 2.94. The first kappa shape index (κ1) is 19.9. The number of nitrogens with one attached hydrogen (secondary N) is 1. The Labute approximate surface area is 151 Å². The van der Waals surface area contributed by atoms with Crippen molar-refractivity contribution in [3.63, 3.8) is 0 Å². The molecule has 25 heavy (non-hydrogen) atoms. The van der Waals surface area contributed by atoms with Gasteiger partial charge in [0.2, 0.25) is 15.9 Å². The predicted octanol–water partition coefficient (Wildman–Crippen LogP) is 1.64. The van der Waals surface area contributed by atoms with Gasteiger partial charge in [-0.15, -0.1) is 0 Å². The van der Waals surface area contributed by atoms with E-state index < -0.39 is 10.0 Å². The molecule has 1 aromatic carbocycles. The molecule has 0 spiro atoms. The van der Waals surface area contributed by atoms with Gasteiger partial charge in [-0.25, -0.2) is 8.42 Å². The summed E-state index contributed by atoms with van der Waals surface area (Å²) in [6.45, 7) is 9.04.